The highest BCUT2D eigenvalue weighted by Crippen LogP contribution is 2.38. The Hall–Kier alpha value is -7.41. The molecule has 0 bridgehead atoms. The summed E-state index contributed by atoms with van der Waals surface area (Å²) in [5.74, 6) is -2.66. The molecule has 0 aliphatic carbocycles. The van der Waals surface area contributed by atoms with Crippen molar-refractivity contribution in [1.29, 1.82) is 0 Å². The molecule has 61 heavy (non-hydrogen) atoms. The van der Waals surface area contributed by atoms with Crippen LogP contribution in [-0.4, -0.2) is 36.4 Å². The van der Waals surface area contributed by atoms with Crippen LogP contribution in [0.1, 0.15) is 61.2 Å². The summed E-state index contributed by atoms with van der Waals surface area (Å²) in [6, 6.07) is 28.7. The lowest BCUT2D eigenvalue weighted by Gasteiger charge is -2.23. The molecule has 4 aromatic heterocycles. The molecule has 9 nitrogen and oxygen atoms in total. The van der Waals surface area contributed by atoms with Gasteiger partial charge in [-0.3, -0.25) is 4.79 Å². The lowest BCUT2D eigenvalue weighted by molar-refractivity contribution is 0.111. The molecule has 0 saturated heterocycles. The number of nitrogens with zero attached hydrogens (tertiary/aromatic N) is 4. The Labute approximate surface area is 350 Å². The normalized spacial score (nSPS) is 11.0. The molecule has 4 heterocycles. The van der Waals surface area contributed by atoms with Crippen molar-refractivity contribution in [1.82, 2.24) is 19.9 Å². The first-order valence-corrected chi connectivity index (χ1v) is 18.9. The average molecular weight is 829 g/mol. The van der Waals surface area contributed by atoms with Crippen LogP contribution in [-0.2, 0) is 0 Å². The second-order valence-electron chi connectivity index (χ2n) is 14.2. The monoisotopic (exact) mass is 828 g/mol. The maximum atomic E-state index is 15.0. The lowest BCUT2D eigenvalue weighted by atomic mass is 9.94. The summed E-state index contributed by atoms with van der Waals surface area (Å²) in [7, 11) is 0. The Bertz CT molecular complexity index is 2820. The largest absolute Gasteiger partial charge is 0.506 e. The number of hydrogen-bond acceptors (Lipinski definition) is 9. The van der Waals surface area contributed by atoms with Gasteiger partial charge in [0, 0.05) is 45.7 Å². The van der Waals surface area contributed by atoms with Crippen LogP contribution in [0.5, 0.6) is 11.5 Å². The minimum absolute atomic E-state index is 0.0729. The van der Waals surface area contributed by atoms with Crippen LogP contribution in [0.25, 0.3) is 21.8 Å². The van der Waals surface area contributed by atoms with Crippen LogP contribution < -0.4 is 11.1 Å². The number of hydrogen-bond donors (Lipinski definition) is 4. The second-order valence-corrected chi connectivity index (χ2v) is 14.2. The highest BCUT2D eigenvalue weighted by atomic mass is 19.2. The number of rotatable bonds is 5. The third kappa shape index (κ3) is 11.2. The highest BCUT2D eigenvalue weighted by molar-refractivity contribution is 5.86. The molecule has 0 aliphatic rings. The minimum atomic E-state index is -1.07. The fourth-order valence-electron chi connectivity index (χ4n) is 6.03. The maximum absolute atomic E-state index is 15.0. The van der Waals surface area contributed by atoms with E-state index >= 15 is 0 Å². The van der Waals surface area contributed by atoms with E-state index in [2.05, 4.69) is 25.3 Å². The highest BCUT2D eigenvalue weighted by Gasteiger charge is 2.25. The Morgan fingerprint density at radius 3 is 1.77 bits per heavy atom. The van der Waals surface area contributed by atoms with Gasteiger partial charge in [-0.1, -0.05) is 54.6 Å². The molecule has 4 aromatic carbocycles. The molecule has 1 atom stereocenters. The van der Waals surface area contributed by atoms with Crippen molar-refractivity contribution in [2.45, 2.75) is 47.6 Å². The number of para-hydroxylation sites is 1. The fourth-order valence-corrected chi connectivity index (χ4v) is 6.03. The number of aromatic nitrogens is 4. The van der Waals surface area contributed by atoms with E-state index in [9.17, 15) is 32.6 Å². The Balaban J connectivity index is 0.000000184. The van der Waals surface area contributed by atoms with Gasteiger partial charge in [-0.2, -0.15) is 0 Å². The topological polar surface area (TPSA) is 147 Å². The molecule has 0 fully saturated rings. The zero-order valence-electron chi connectivity index (χ0n) is 34.3. The fraction of sp³-hybridized carbons (Fsp3) is 0.146. The summed E-state index contributed by atoms with van der Waals surface area (Å²) in [6.45, 7) is 10.6. The molecule has 1 unspecified atom stereocenters. The molecule has 312 valence electrons. The summed E-state index contributed by atoms with van der Waals surface area (Å²) in [5.41, 5.74) is 10.8. The van der Waals surface area contributed by atoms with E-state index in [1.807, 2.05) is 82.3 Å². The number of pyridine rings is 4. The first-order valence-electron chi connectivity index (χ1n) is 18.9. The molecule has 13 heteroatoms. The van der Waals surface area contributed by atoms with Crippen LogP contribution in [0.3, 0.4) is 0 Å². The van der Waals surface area contributed by atoms with Gasteiger partial charge in [-0.25, -0.2) is 37.5 Å². The van der Waals surface area contributed by atoms with E-state index in [1.165, 1.54) is 38.1 Å². The van der Waals surface area contributed by atoms with E-state index in [0.29, 0.717) is 28.2 Å². The zero-order valence-corrected chi connectivity index (χ0v) is 34.3. The van der Waals surface area contributed by atoms with Gasteiger partial charge in [0.25, 0.3) is 0 Å². The number of nitrogen functional groups attached to an aromatic ring is 1. The number of phenolic OH excluding ortho intramolecular Hbond substituents is 2. The predicted molar refractivity (Wildman–Crippen MR) is 232 cm³/mol. The third-order valence-electron chi connectivity index (χ3n) is 9.35. The molecular weight excluding hydrogens is 785 g/mol. The molecule has 0 spiro atoms. The van der Waals surface area contributed by atoms with Crippen molar-refractivity contribution < 1.29 is 32.6 Å². The van der Waals surface area contributed by atoms with Crippen LogP contribution in [0.2, 0.25) is 0 Å². The number of halogens is 4. The molecular formula is C48H44F4N6O3. The summed E-state index contributed by atoms with van der Waals surface area (Å²) in [5, 5.41) is 25.3. The third-order valence-corrected chi connectivity index (χ3v) is 9.35. The number of anilines is 2. The Morgan fingerprint density at radius 1 is 0.607 bits per heavy atom. The van der Waals surface area contributed by atoms with Gasteiger partial charge in [0.2, 0.25) is 0 Å². The average Bonchev–Trinajstić information content (AvgIpc) is 3.23. The van der Waals surface area contributed by atoms with E-state index in [0.717, 1.165) is 33.3 Å². The van der Waals surface area contributed by atoms with E-state index in [4.69, 9.17) is 5.73 Å². The number of carbonyl (C=O) groups excluding carboxylic acids is 1. The number of nitrogens with one attached hydrogen (secondary N) is 1. The SMILES string of the molecule is Cc1ccc(C=O)c(F)c1F.Cc1ccc2cccc(O)c2n1.Cc1ccnc(N)c1.Cc1ccnc(NC(c2ccc(C)c(F)c2F)c2ccc3ccc(C)nc3c2O)c1. The first kappa shape index (κ1) is 44.7. The van der Waals surface area contributed by atoms with Crippen molar-refractivity contribution in [2.24, 2.45) is 0 Å². The van der Waals surface area contributed by atoms with Crippen molar-refractivity contribution in [3.8, 4) is 11.5 Å². The molecule has 0 saturated carbocycles. The lowest BCUT2D eigenvalue weighted by Crippen LogP contribution is -2.16. The van der Waals surface area contributed by atoms with Crippen LogP contribution in [0.15, 0.2) is 116 Å². The van der Waals surface area contributed by atoms with E-state index < -0.39 is 29.3 Å². The number of aromatic hydroxyl groups is 2. The van der Waals surface area contributed by atoms with Crippen molar-refractivity contribution in [3.05, 3.63) is 189 Å². The van der Waals surface area contributed by atoms with Gasteiger partial charge in [-0.15, -0.1) is 0 Å². The predicted octanol–water partition coefficient (Wildman–Crippen LogP) is 11.0. The van der Waals surface area contributed by atoms with Crippen molar-refractivity contribution >= 4 is 39.7 Å². The van der Waals surface area contributed by atoms with Gasteiger partial charge in [-0.05, 0) is 112 Å². The Morgan fingerprint density at radius 2 is 1.16 bits per heavy atom. The summed E-state index contributed by atoms with van der Waals surface area (Å²) in [4.78, 5) is 26.8. The minimum Gasteiger partial charge on any atom is -0.506 e. The van der Waals surface area contributed by atoms with Crippen molar-refractivity contribution in [3.63, 3.8) is 0 Å². The molecule has 0 aliphatic heterocycles. The number of benzene rings is 4. The van der Waals surface area contributed by atoms with Crippen LogP contribution in [0.4, 0.5) is 29.2 Å². The quantitative estimate of drug-likeness (QED) is 0.0983. The van der Waals surface area contributed by atoms with Crippen LogP contribution in [0, 0.1) is 64.8 Å². The first-order chi connectivity index (χ1) is 29.1. The smallest absolute Gasteiger partial charge is 0.169 e. The number of fused-ring (bicyclic) bond motifs is 2. The summed E-state index contributed by atoms with van der Waals surface area (Å²) < 4.78 is 54.6. The Kier molecular flexibility index (Phi) is 14.7. The van der Waals surface area contributed by atoms with Crippen LogP contribution >= 0.6 is 0 Å². The van der Waals surface area contributed by atoms with Crippen molar-refractivity contribution in [2.75, 3.05) is 11.1 Å². The molecule has 0 amide bonds. The molecule has 8 rings (SSSR count). The van der Waals surface area contributed by atoms with Gasteiger partial charge in [0.1, 0.15) is 34.2 Å². The zero-order chi connectivity index (χ0) is 44.4. The molecule has 8 aromatic rings. The number of aryl methyl sites for hydroxylation is 6. The van der Waals surface area contributed by atoms with E-state index in [-0.39, 0.29) is 40.0 Å². The number of aldehydes is 1. The van der Waals surface area contributed by atoms with Gasteiger partial charge in [0.05, 0.1) is 11.6 Å². The molecule has 0 radical (unpaired) electrons. The molecule has 5 N–H and O–H groups in total. The summed E-state index contributed by atoms with van der Waals surface area (Å²) >= 11 is 0. The number of carbonyl (C=O) groups is 1. The van der Waals surface area contributed by atoms with Gasteiger partial charge in [0.15, 0.2) is 29.6 Å². The van der Waals surface area contributed by atoms with Gasteiger partial charge < -0.3 is 21.3 Å². The number of phenols is 2. The summed E-state index contributed by atoms with van der Waals surface area (Å²) in [6.07, 6.45) is 3.62. The van der Waals surface area contributed by atoms with E-state index in [1.54, 1.807) is 36.7 Å². The standard InChI is InChI=1S/C24H21F2N3O.C10H9NO.C8H6F2O.C6H8N2/c1-13-10-11-27-19(12-13)29-23(17-8-4-14(2)20(25)21(17)26)18-9-7-16-6-5-15(3)28-22(16)24(18)30;1-7-5-6-8-3-2-4-9(12)10(8)11-7;1-5-2-3-6(4-11)8(10)7(5)9;1-5-2-3-8-6(7)4-5/h4-12,23,30H,1-3H3,(H,27,29);2-6,12H,1H3;2-4H,1H3;2-4H,1H3,(H2,7,8). The van der Waals surface area contributed by atoms with Gasteiger partial charge >= 0.3 is 0 Å². The maximum Gasteiger partial charge on any atom is 0.169 e. The number of nitrogens with two attached hydrogens (primary N) is 1. The second kappa shape index (κ2) is 20.0.